The van der Waals surface area contributed by atoms with Gasteiger partial charge in [0.2, 0.25) is 0 Å². The number of thioether (sulfide) groups is 1. The fourth-order valence-corrected chi connectivity index (χ4v) is 4.45. The van der Waals surface area contributed by atoms with Crippen LogP contribution in [0.15, 0.2) is 27.6 Å². The van der Waals surface area contributed by atoms with Crippen molar-refractivity contribution in [3.05, 3.63) is 43.2 Å². The molecule has 2 aromatic rings. The van der Waals surface area contributed by atoms with Crippen LogP contribution < -0.4 is 0 Å². The molecule has 1 aromatic carbocycles. The minimum atomic E-state index is -0.635. The van der Waals surface area contributed by atoms with Crippen LogP contribution in [0.5, 0.6) is 5.75 Å². The van der Waals surface area contributed by atoms with E-state index in [4.69, 9.17) is 5.41 Å². The summed E-state index contributed by atoms with van der Waals surface area (Å²) in [6, 6.07) is 5.01. The third kappa shape index (κ3) is 3.24. The van der Waals surface area contributed by atoms with Crippen LogP contribution in [0.3, 0.4) is 0 Å². The molecule has 0 amide bonds. The number of ketones is 1. The number of aromatic hydroxyl groups is 1. The first kappa shape index (κ1) is 16.4. The summed E-state index contributed by atoms with van der Waals surface area (Å²) in [7, 11) is 0. The molecule has 8 heteroatoms. The van der Waals surface area contributed by atoms with Gasteiger partial charge in [-0.15, -0.1) is 21.5 Å². The number of allylic oxidation sites excluding steroid dienone is 1. The molecule has 118 valence electrons. The Kier molecular flexibility index (Phi) is 4.65. The molecule has 0 saturated carbocycles. The molecule has 1 fully saturated rings. The lowest BCUT2D eigenvalue weighted by molar-refractivity contribution is -0.114. The molecule has 23 heavy (non-hydrogen) atoms. The quantitative estimate of drug-likeness (QED) is 0.748. The third-order valence-electron chi connectivity index (χ3n) is 3.29. The summed E-state index contributed by atoms with van der Waals surface area (Å²) in [6.45, 7) is 1.98. The van der Waals surface area contributed by atoms with Crippen LogP contribution in [0.2, 0.25) is 0 Å². The Morgan fingerprint density at radius 1 is 1.43 bits per heavy atom. The van der Waals surface area contributed by atoms with Crippen molar-refractivity contribution in [2.45, 2.75) is 19.3 Å². The maximum Gasteiger partial charge on any atom is 0.186 e. The Bertz CT molecular complexity index is 832. The summed E-state index contributed by atoms with van der Waals surface area (Å²) in [6.07, 6.45) is 2.50. The highest BCUT2D eigenvalue weighted by molar-refractivity contribution is 9.10. The molecule has 1 aliphatic rings. The Hall–Kier alpha value is -1.51. The predicted octanol–water partition coefficient (Wildman–Crippen LogP) is 3.99. The normalized spacial score (nSPS) is 19.7. The van der Waals surface area contributed by atoms with Gasteiger partial charge >= 0.3 is 0 Å². The fraction of sp³-hybridized carbons (Fsp3) is 0.200. The van der Waals surface area contributed by atoms with Crippen LogP contribution in [0.25, 0.3) is 6.08 Å². The summed E-state index contributed by atoms with van der Waals surface area (Å²) in [5.74, 6) is -0.614. The molecule has 0 aliphatic carbocycles. The number of rotatable bonds is 3. The van der Waals surface area contributed by atoms with E-state index in [-0.39, 0.29) is 16.6 Å². The first-order valence-electron chi connectivity index (χ1n) is 6.82. The van der Waals surface area contributed by atoms with E-state index in [0.29, 0.717) is 14.4 Å². The van der Waals surface area contributed by atoms with E-state index in [1.165, 1.54) is 11.3 Å². The molecule has 1 aromatic heterocycles. The number of phenolic OH excluding ortho intramolecular Hbond substituents is 1. The van der Waals surface area contributed by atoms with E-state index in [9.17, 15) is 9.90 Å². The smallest absolute Gasteiger partial charge is 0.186 e. The minimum Gasteiger partial charge on any atom is -0.507 e. The van der Waals surface area contributed by atoms with E-state index in [2.05, 4.69) is 26.1 Å². The lowest BCUT2D eigenvalue weighted by Crippen LogP contribution is -2.11. The van der Waals surface area contributed by atoms with Crippen molar-refractivity contribution in [1.82, 2.24) is 10.2 Å². The monoisotopic (exact) mass is 409 g/mol. The van der Waals surface area contributed by atoms with Crippen LogP contribution in [0, 0.1) is 5.41 Å². The highest BCUT2D eigenvalue weighted by atomic mass is 79.9. The molecule has 0 bridgehead atoms. The molecule has 1 atom stereocenters. The molecular formula is C15H12BrN3O2S2. The minimum absolute atomic E-state index is 0.122. The SMILES string of the molecule is CCc1nnc([C@@H]2C(=N)S/C(=C\c3ccc(O)c(Br)c3)C2=O)s1. The van der Waals surface area contributed by atoms with Crippen molar-refractivity contribution in [2.75, 3.05) is 0 Å². The molecule has 2 N–H and O–H groups in total. The average Bonchev–Trinajstić information content (AvgIpc) is 3.08. The number of hydrogen-bond donors (Lipinski definition) is 2. The summed E-state index contributed by atoms with van der Waals surface area (Å²) in [5.41, 5.74) is 0.783. The van der Waals surface area contributed by atoms with Crippen molar-refractivity contribution < 1.29 is 9.90 Å². The fourth-order valence-electron chi connectivity index (χ4n) is 2.10. The van der Waals surface area contributed by atoms with Crippen molar-refractivity contribution in [1.29, 1.82) is 5.41 Å². The van der Waals surface area contributed by atoms with Crippen molar-refractivity contribution in [3.8, 4) is 5.75 Å². The number of phenols is 1. The van der Waals surface area contributed by atoms with Gasteiger partial charge in [-0.1, -0.05) is 24.8 Å². The van der Waals surface area contributed by atoms with Gasteiger partial charge in [-0.25, -0.2) is 0 Å². The van der Waals surface area contributed by atoms with Crippen molar-refractivity contribution >= 4 is 55.9 Å². The lowest BCUT2D eigenvalue weighted by Gasteiger charge is -2.01. The zero-order valence-corrected chi connectivity index (χ0v) is 15.3. The molecule has 2 heterocycles. The van der Waals surface area contributed by atoms with Crippen LogP contribution in [0.1, 0.15) is 28.4 Å². The summed E-state index contributed by atoms with van der Waals surface area (Å²) in [4.78, 5) is 13.1. The molecule has 0 radical (unpaired) electrons. The second kappa shape index (κ2) is 6.54. The van der Waals surface area contributed by atoms with E-state index in [0.717, 1.165) is 28.8 Å². The molecule has 1 aliphatic heterocycles. The van der Waals surface area contributed by atoms with E-state index < -0.39 is 5.92 Å². The molecule has 0 spiro atoms. The van der Waals surface area contributed by atoms with Gasteiger partial charge in [0.15, 0.2) is 5.78 Å². The number of benzene rings is 1. The second-order valence-corrected chi connectivity index (χ2v) is 7.90. The molecule has 1 saturated heterocycles. The average molecular weight is 410 g/mol. The van der Waals surface area contributed by atoms with E-state index in [1.807, 2.05) is 6.92 Å². The number of hydrogen-bond acceptors (Lipinski definition) is 7. The first-order chi connectivity index (χ1) is 11.0. The van der Waals surface area contributed by atoms with Crippen LogP contribution in [-0.2, 0) is 11.2 Å². The maximum atomic E-state index is 12.6. The van der Waals surface area contributed by atoms with Crippen molar-refractivity contribution in [2.24, 2.45) is 0 Å². The van der Waals surface area contributed by atoms with Gasteiger partial charge in [0.05, 0.1) is 14.4 Å². The van der Waals surface area contributed by atoms with Crippen LogP contribution in [-0.4, -0.2) is 26.1 Å². The summed E-state index contributed by atoms with van der Waals surface area (Å²) < 4.78 is 0.561. The van der Waals surface area contributed by atoms with Gasteiger partial charge < -0.3 is 5.11 Å². The van der Waals surface area contributed by atoms with Crippen molar-refractivity contribution in [3.63, 3.8) is 0 Å². The Labute approximate surface area is 149 Å². The standard InChI is InChI=1S/C15H12BrN3O2S2/c1-2-11-18-19-15(23-11)12-13(21)10(22-14(12)17)6-7-3-4-9(20)8(16)5-7/h3-6,12,17,20H,2H2,1H3/b10-6-,17-14?/t12-/m0/s1. The highest BCUT2D eigenvalue weighted by Gasteiger charge is 2.39. The second-order valence-electron chi connectivity index (χ2n) is 4.87. The van der Waals surface area contributed by atoms with Gasteiger partial charge in [-0.05, 0) is 46.1 Å². The highest BCUT2D eigenvalue weighted by Crippen LogP contribution is 2.41. The number of halogens is 1. The molecule has 5 nitrogen and oxygen atoms in total. The Balaban J connectivity index is 1.91. The predicted molar refractivity (Wildman–Crippen MR) is 96.1 cm³/mol. The number of carbonyl (C=O) groups excluding carboxylic acids is 1. The zero-order valence-electron chi connectivity index (χ0n) is 12.0. The summed E-state index contributed by atoms with van der Waals surface area (Å²) >= 11 is 5.79. The van der Waals surface area contributed by atoms with Gasteiger partial charge in [0.1, 0.15) is 21.7 Å². The third-order valence-corrected chi connectivity index (χ3v) is 6.05. The van der Waals surface area contributed by atoms with Gasteiger partial charge in [-0.2, -0.15) is 0 Å². The molecular weight excluding hydrogens is 398 g/mol. The number of Topliss-reactive ketones (excluding diaryl/α,β-unsaturated/α-hetero) is 1. The largest absolute Gasteiger partial charge is 0.507 e. The van der Waals surface area contributed by atoms with Gasteiger partial charge in [0.25, 0.3) is 0 Å². The number of aryl methyl sites for hydroxylation is 1. The number of nitrogens with zero attached hydrogens (tertiary/aromatic N) is 2. The van der Waals surface area contributed by atoms with E-state index in [1.54, 1.807) is 24.3 Å². The van der Waals surface area contributed by atoms with E-state index >= 15 is 0 Å². The number of aromatic nitrogens is 2. The first-order valence-corrected chi connectivity index (χ1v) is 9.25. The Morgan fingerprint density at radius 2 is 2.22 bits per heavy atom. The number of carbonyl (C=O) groups is 1. The summed E-state index contributed by atoms with van der Waals surface area (Å²) in [5, 5.41) is 27.5. The molecule has 3 rings (SSSR count). The topological polar surface area (TPSA) is 86.9 Å². The van der Waals surface area contributed by atoms with Crippen LogP contribution in [0.4, 0.5) is 0 Å². The van der Waals surface area contributed by atoms with Gasteiger partial charge in [-0.3, -0.25) is 10.2 Å². The number of nitrogens with one attached hydrogen (secondary N) is 1. The zero-order chi connectivity index (χ0) is 16.6. The van der Waals surface area contributed by atoms with Gasteiger partial charge in [0, 0.05) is 0 Å². The lowest BCUT2D eigenvalue weighted by atomic mass is 10.1. The Morgan fingerprint density at radius 3 is 2.87 bits per heavy atom. The molecule has 0 unspecified atom stereocenters. The maximum absolute atomic E-state index is 12.6. The van der Waals surface area contributed by atoms with Crippen LogP contribution >= 0.6 is 39.0 Å².